The van der Waals surface area contributed by atoms with Gasteiger partial charge in [0, 0.05) is 0 Å². The maximum Gasteiger partial charge on any atom is -0.0357 e. The normalized spacial score (nSPS) is 36.7. The van der Waals surface area contributed by atoms with Crippen molar-refractivity contribution in [2.75, 3.05) is 0 Å². The summed E-state index contributed by atoms with van der Waals surface area (Å²) in [5, 5.41) is 0. The SMILES string of the molecule is CC1CCCC(CC2CCCCC2)C1CC1CCCCC1. The second kappa shape index (κ2) is 8.02. The van der Waals surface area contributed by atoms with Crippen LogP contribution in [0, 0.1) is 29.6 Å². The first kappa shape index (κ1) is 15.9. The molecule has 122 valence electrons. The van der Waals surface area contributed by atoms with E-state index < -0.39 is 0 Å². The quantitative estimate of drug-likeness (QED) is 0.524. The van der Waals surface area contributed by atoms with Gasteiger partial charge in [-0.2, -0.15) is 0 Å². The van der Waals surface area contributed by atoms with Crippen molar-refractivity contribution in [3.05, 3.63) is 0 Å². The Morgan fingerprint density at radius 3 is 1.76 bits per heavy atom. The maximum atomic E-state index is 2.58. The first-order valence-electron chi connectivity index (χ1n) is 10.3. The second-order valence-corrected chi connectivity index (χ2v) is 8.81. The molecule has 0 heterocycles. The van der Waals surface area contributed by atoms with Gasteiger partial charge < -0.3 is 0 Å². The summed E-state index contributed by atoms with van der Waals surface area (Å²) in [5.41, 5.74) is 0. The van der Waals surface area contributed by atoms with Crippen LogP contribution in [0.25, 0.3) is 0 Å². The van der Waals surface area contributed by atoms with E-state index in [1.165, 1.54) is 51.4 Å². The van der Waals surface area contributed by atoms with Crippen LogP contribution < -0.4 is 0 Å². The number of hydrogen-bond acceptors (Lipinski definition) is 0. The number of hydrogen-bond donors (Lipinski definition) is 0. The van der Waals surface area contributed by atoms with Gasteiger partial charge >= 0.3 is 0 Å². The molecule has 0 radical (unpaired) electrons. The van der Waals surface area contributed by atoms with Crippen LogP contribution in [0.3, 0.4) is 0 Å². The highest BCUT2D eigenvalue weighted by Crippen LogP contribution is 2.45. The fourth-order valence-corrected chi connectivity index (χ4v) is 5.97. The zero-order valence-electron chi connectivity index (χ0n) is 14.5. The molecule has 0 nitrogen and oxygen atoms in total. The third-order valence-electron chi connectivity index (χ3n) is 7.26. The molecule has 0 aromatic carbocycles. The van der Waals surface area contributed by atoms with Gasteiger partial charge in [-0.25, -0.2) is 0 Å². The lowest BCUT2D eigenvalue weighted by Crippen LogP contribution is -2.31. The summed E-state index contributed by atoms with van der Waals surface area (Å²) >= 11 is 0. The molecule has 3 aliphatic carbocycles. The molecule has 0 saturated heterocycles. The summed E-state index contributed by atoms with van der Waals surface area (Å²) in [6.07, 6.45) is 23.2. The Morgan fingerprint density at radius 1 is 0.571 bits per heavy atom. The van der Waals surface area contributed by atoms with E-state index in [1.807, 2.05) is 0 Å². The molecule has 0 bridgehead atoms. The van der Waals surface area contributed by atoms with Crippen LogP contribution in [0.5, 0.6) is 0 Å². The average molecular weight is 291 g/mol. The van der Waals surface area contributed by atoms with E-state index in [0.29, 0.717) is 0 Å². The molecule has 0 aliphatic heterocycles. The molecule has 0 spiro atoms. The van der Waals surface area contributed by atoms with Gasteiger partial charge in [0.2, 0.25) is 0 Å². The summed E-state index contributed by atoms with van der Waals surface area (Å²) in [4.78, 5) is 0. The molecule has 3 fully saturated rings. The molecule has 3 aliphatic rings. The van der Waals surface area contributed by atoms with Gasteiger partial charge in [0.1, 0.15) is 0 Å². The lowest BCUT2D eigenvalue weighted by Gasteiger charge is -2.41. The first-order valence-corrected chi connectivity index (χ1v) is 10.3. The van der Waals surface area contributed by atoms with Crippen molar-refractivity contribution in [2.24, 2.45) is 29.6 Å². The lowest BCUT2D eigenvalue weighted by atomic mass is 9.64. The van der Waals surface area contributed by atoms with E-state index in [4.69, 9.17) is 0 Å². The Kier molecular flexibility index (Phi) is 6.07. The van der Waals surface area contributed by atoms with E-state index in [2.05, 4.69) is 6.92 Å². The smallest absolute Gasteiger partial charge is 0.0357 e. The molecule has 0 N–H and O–H groups in total. The first-order chi connectivity index (χ1) is 10.3. The third kappa shape index (κ3) is 4.49. The van der Waals surface area contributed by atoms with Gasteiger partial charge in [0.05, 0.1) is 0 Å². The third-order valence-corrected chi connectivity index (χ3v) is 7.26. The van der Waals surface area contributed by atoms with Crippen LogP contribution in [0.1, 0.15) is 103 Å². The molecule has 0 aromatic rings. The highest BCUT2D eigenvalue weighted by molar-refractivity contribution is 4.85. The molecule has 0 aromatic heterocycles. The van der Waals surface area contributed by atoms with E-state index in [-0.39, 0.29) is 0 Å². The van der Waals surface area contributed by atoms with Crippen molar-refractivity contribution in [3.8, 4) is 0 Å². The molecule has 3 saturated carbocycles. The van der Waals surface area contributed by atoms with E-state index >= 15 is 0 Å². The molecule has 0 heteroatoms. The van der Waals surface area contributed by atoms with Gasteiger partial charge in [-0.15, -0.1) is 0 Å². The van der Waals surface area contributed by atoms with Crippen molar-refractivity contribution in [2.45, 2.75) is 103 Å². The van der Waals surface area contributed by atoms with Crippen molar-refractivity contribution >= 4 is 0 Å². The van der Waals surface area contributed by atoms with Crippen LogP contribution in [0.15, 0.2) is 0 Å². The zero-order valence-corrected chi connectivity index (χ0v) is 14.5. The fourth-order valence-electron chi connectivity index (χ4n) is 5.97. The second-order valence-electron chi connectivity index (χ2n) is 8.81. The van der Waals surface area contributed by atoms with Crippen LogP contribution in [-0.2, 0) is 0 Å². The summed E-state index contributed by atoms with van der Waals surface area (Å²) in [6.45, 7) is 2.58. The van der Waals surface area contributed by atoms with Gasteiger partial charge in [-0.05, 0) is 42.4 Å². The standard InChI is InChI=1S/C21H38/c1-17-9-8-14-20(15-18-10-4-2-5-11-18)21(17)16-19-12-6-3-7-13-19/h17-21H,2-16H2,1H3. The average Bonchev–Trinajstić information content (AvgIpc) is 2.53. The van der Waals surface area contributed by atoms with Crippen molar-refractivity contribution in [3.63, 3.8) is 0 Å². The molecule has 21 heavy (non-hydrogen) atoms. The monoisotopic (exact) mass is 290 g/mol. The van der Waals surface area contributed by atoms with Gasteiger partial charge in [-0.3, -0.25) is 0 Å². The highest BCUT2D eigenvalue weighted by Gasteiger charge is 2.34. The highest BCUT2D eigenvalue weighted by atomic mass is 14.4. The van der Waals surface area contributed by atoms with Gasteiger partial charge in [0.15, 0.2) is 0 Å². The predicted molar refractivity (Wildman–Crippen MR) is 92.4 cm³/mol. The van der Waals surface area contributed by atoms with Gasteiger partial charge in [-0.1, -0.05) is 90.4 Å². The molecular formula is C21H38. The largest absolute Gasteiger partial charge is 0.0622 e. The predicted octanol–water partition coefficient (Wildman–Crippen LogP) is 6.98. The summed E-state index contributed by atoms with van der Waals surface area (Å²) in [6, 6.07) is 0. The summed E-state index contributed by atoms with van der Waals surface area (Å²) in [7, 11) is 0. The number of rotatable bonds is 4. The van der Waals surface area contributed by atoms with Crippen LogP contribution in [0.2, 0.25) is 0 Å². The van der Waals surface area contributed by atoms with E-state index in [9.17, 15) is 0 Å². The Balaban J connectivity index is 1.55. The van der Waals surface area contributed by atoms with Crippen molar-refractivity contribution < 1.29 is 0 Å². The van der Waals surface area contributed by atoms with Crippen molar-refractivity contribution in [1.82, 2.24) is 0 Å². The van der Waals surface area contributed by atoms with Gasteiger partial charge in [0.25, 0.3) is 0 Å². The lowest BCUT2D eigenvalue weighted by molar-refractivity contribution is 0.0962. The van der Waals surface area contributed by atoms with E-state index in [1.54, 1.807) is 44.9 Å². The van der Waals surface area contributed by atoms with E-state index in [0.717, 1.165) is 29.6 Å². The maximum absolute atomic E-state index is 2.58. The minimum Gasteiger partial charge on any atom is -0.0622 e. The fraction of sp³-hybridized carbons (Fsp3) is 1.00. The van der Waals surface area contributed by atoms with Crippen LogP contribution in [-0.4, -0.2) is 0 Å². The Bertz CT molecular complexity index is 282. The molecule has 3 unspecified atom stereocenters. The minimum atomic E-state index is 1.02. The van der Waals surface area contributed by atoms with Crippen molar-refractivity contribution in [1.29, 1.82) is 0 Å². The molecular weight excluding hydrogens is 252 g/mol. The Morgan fingerprint density at radius 2 is 1.14 bits per heavy atom. The zero-order chi connectivity index (χ0) is 14.5. The van der Waals surface area contributed by atoms with Crippen LogP contribution >= 0.6 is 0 Å². The van der Waals surface area contributed by atoms with Crippen LogP contribution in [0.4, 0.5) is 0 Å². The topological polar surface area (TPSA) is 0 Å². The Labute approximate surface area is 133 Å². The summed E-state index contributed by atoms with van der Waals surface area (Å²) < 4.78 is 0. The molecule has 3 atom stereocenters. The summed E-state index contributed by atoms with van der Waals surface area (Å²) in [5.74, 6) is 5.40. The minimum absolute atomic E-state index is 1.02. The molecule has 0 amide bonds. The Hall–Kier alpha value is 0. The molecule has 3 rings (SSSR count).